The lowest BCUT2D eigenvalue weighted by molar-refractivity contribution is 0.102. The van der Waals surface area contributed by atoms with Crippen LogP contribution < -0.4 is 10.7 Å². The zero-order valence-electron chi connectivity index (χ0n) is 12.7. The molecule has 1 amide bonds. The number of aryl methyl sites for hydroxylation is 1. The van der Waals surface area contributed by atoms with Crippen LogP contribution in [0.5, 0.6) is 0 Å². The number of nitrogens with zero attached hydrogens (tertiary/aromatic N) is 2. The van der Waals surface area contributed by atoms with E-state index >= 15 is 0 Å². The van der Waals surface area contributed by atoms with E-state index in [9.17, 15) is 9.59 Å². The molecule has 0 bridgehead atoms. The van der Waals surface area contributed by atoms with E-state index in [1.54, 1.807) is 30.6 Å². The highest BCUT2D eigenvalue weighted by molar-refractivity contribution is 6.03. The van der Waals surface area contributed by atoms with Gasteiger partial charge < -0.3 is 9.88 Å². The number of carbonyl (C=O) groups excluding carboxylic acids is 1. The number of nitrogens with one attached hydrogen (secondary N) is 1. The third-order valence-electron chi connectivity index (χ3n) is 3.16. The van der Waals surface area contributed by atoms with E-state index in [-0.39, 0.29) is 16.4 Å². The van der Waals surface area contributed by atoms with Crippen molar-refractivity contribution in [1.82, 2.24) is 9.55 Å². The molecule has 1 N–H and O–H groups in total. The molecule has 0 aliphatic carbocycles. The highest BCUT2D eigenvalue weighted by Gasteiger charge is 2.20. The Balaban J connectivity index is 2.35. The molecule has 5 nitrogen and oxygen atoms in total. The number of anilines is 1. The van der Waals surface area contributed by atoms with Gasteiger partial charge in [-0.25, -0.2) is 4.98 Å². The Bertz CT molecular complexity index is 713. The molecule has 110 valence electrons. The third-order valence-corrected chi connectivity index (χ3v) is 3.16. The van der Waals surface area contributed by atoms with Crippen molar-refractivity contribution in [3.05, 3.63) is 58.1 Å². The molecule has 2 aromatic heterocycles. The first kappa shape index (κ1) is 15.0. The van der Waals surface area contributed by atoms with Gasteiger partial charge in [0.15, 0.2) is 5.43 Å². The first-order chi connectivity index (χ1) is 9.79. The predicted molar refractivity (Wildman–Crippen MR) is 82.6 cm³/mol. The Morgan fingerprint density at radius 2 is 2.00 bits per heavy atom. The van der Waals surface area contributed by atoms with Crippen LogP contribution in [0.4, 0.5) is 5.82 Å². The van der Waals surface area contributed by atoms with Gasteiger partial charge in [0.1, 0.15) is 11.4 Å². The smallest absolute Gasteiger partial charge is 0.262 e. The second-order valence-corrected chi connectivity index (χ2v) is 5.97. The summed E-state index contributed by atoms with van der Waals surface area (Å²) in [7, 11) is 1.83. The summed E-state index contributed by atoms with van der Waals surface area (Å²) in [6, 6.07) is 6.72. The van der Waals surface area contributed by atoms with Crippen molar-refractivity contribution in [3.63, 3.8) is 0 Å². The average molecular weight is 285 g/mol. The molecule has 2 aromatic rings. The fraction of sp³-hybridized carbons (Fsp3) is 0.312. The van der Waals surface area contributed by atoms with E-state index in [4.69, 9.17) is 0 Å². The van der Waals surface area contributed by atoms with Crippen LogP contribution in [0.15, 0.2) is 41.5 Å². The Kier molecular flexibility index (Phi) is 3.93. The molecule has 5 heteroatoms. The van der Waals surface area contributed by atoms with E-state index in [0.717, 1.165) is 5.69 Å². The second-order valence-electron chi connectivity index (χ2n) is 5.97. The lowest BCUT2D eigenvalue weighted by Gasteiger charge is -2.22. The first-order valence-corrected chi connectivity index (χ1v) is 6.72. The minimum atomic E-state index is -0.449. The summed E-state index contributed by atoms with van der Waals surface area (Å²) in [6.07, 6.45) is 3.15. The van der Waals surface area contributed by atoms with Crippen LogP contribution in [-0.2, 0) is 12.5 Å². The van der Waals surface area contributed by atoms with Gasteiger partial charge in [0.2, 0.25) is 0 Å². The Hall–Kier alpha value is -2.43. The molecule has 2 heterocycles. The highest BCUT2D eigenvalue weighted by Crippen LogP contribution is 2.20. The van der Waals surface area contributed by atoms with Crippen LogP contribution in [0.3, 0.4) is 0 Å². The van der Waals surface area contributed by atoms with Crippen molar-refractivity contribution in [1.29, 1.82) is 0 Å². The SMILES string of the molecule is Cn1cc(C(=O)Nc2ccccn2)c(=O)cc1C(C)(C)C. The molecule has 0 fully saturated rings. The van der Waals surface area contributed by atoms with Crippen LogP contribution in [0.2, 0.25) is 0 Å². The van der Waals surface area contributed by atoms with E-state index in [1.165, 1.54) is 6.07 Å². The van der Waals surface area contributed by atoms with Gasteiger partial charge in [-0.1, -0.05) is 26.8 Å². The van der Waals surface area contributed by atoms with Crippen molar-refractivity contribution < 1.29 is 4.79 Å². The molecular weight excluding hydrogens is 266 g/mol. The van der Waals surface area contributed by atoms with E-state index in [2.05, 4.69) is 10.3 Å². The number of hydrogen-bond acceptors (Lipinski definition) is 3. The summed E-state index contributed by atoms with van der Waals surface area (Å²) in [5.41, 5.74) is 0.536. The minimum absolute atomic E-state index is 0.108. The van der Waals surface area contributed by atoms with Crippen molar-refractivity contribution in [2.75, 3.05) is 5.32 Å². The second kappa shape index (κ2) is 5.52. The summed E-state index contributed by atoms with van der Waals surface area (Å²) in [6.45, 7) is 6.07. The van der Waals surface area contributed by atoms with Crippen LogP contribution in [-0.4, -0.2) is 15.5 Å². The van der Waals surface area contributed by atoms with E-state index in [1.807, 2.05) is 32.4 Å². The predicted octanol–water partition coefficient (Wildman–Crippen LogP) is 2.33. The lowest BCUT2D eigenvalue weighted by atomic mass is 9.91. The summed E-state index contributed by atoms with van der Waals surface area (Å²) in [5, 5.41) is 2.62. The fourth-order valence-electron chi connectivity index (χ4n) is 2.17. The highest BCUT2D eigenvalue weighted by atomic mass is 16.2. The van der Waals surface area contributed by atoms with Gasteiger partial charge in [0.05, 0.1) is 0 Å². The average Bonchev–Trinajstić information content (AvgIpc) is 2.40. The van der Waals surface area contributed by atoms with Crippen LogP contribution in [0, 0.1) is 0 Å². The lowest BCUT2D eigenvalue weighted by Crippen LogP contribution is -2.27. The Morgan fingerprint density at radius 1 is 1.29 bits per heavy atom. The number of amides is 1. The maximum atomic E-state index is 12.2. The topological polar surface area (TPSA) is 64.0 Å². The van der Waals surface area contributed by atoms with Gasteiger partial charge in [-0.15, -0.1) is 0 Å². The Morgan fingerprint density at radius 3 is 2.57 bits per heavy atom. The van der Waals surface area contributed by atoms with Gasteiger partial charge in [-0.05, 0) is 12.1 Å². The first-order valence-electron chi connectivity index (χ1n) is 6.72. The molecule has 0 spiro atoms. The zero-order valence-corrected chi connectivity index (χ0v) is 12.7. The number of pyridine rings is 2. The van der Waals surface area contributed by atoms with Crippen LogP contribution >= 0.6 is 0 Å². The molecule has 0 unspecified atom stereocenters. The molecule has 0 saturated carbocycles. The van der Waals surface area contributed by atoms with E-state index in [0.29, 0.717) is 5.82 Å². The van der Waals surface area contributed by atoms with Crippen LogP contribution in [0.25, 0.3) is 0 Å². The number of rotatable bonds is 2. The summed E-state index contributed by atoms with van der Waals surface area (Å²) in [5.74, 6) is -0.0285. The summed E-state index contributed by atoms with van der Waals surface area (Å²) >= 11 is 0. The van der Waals surface area contributed by atoms with Gasteiger partial charge in [-0.2, -0.15) is 0 Å². The fourth-order valence-corrected chi connectivity index (χ4v) is 2.17. The van der Waals surface area contributed by atoms with Crippen molar-refractivity contribution in [2.24, 2.45) is 7.05 Å². The molecule has 21 heavy (non-hydrogen) atoms. The molecule has 0 aliphatic rings. The maximum absolute atomic E-state index is 12.2. The molecule has 0 aromatic carbocycles. The summed E-state index contributed by atoms with van der Waals surface area (Å²) in [4.78, 5) is 28.4. The van der Waals surface area contributed by atoms with Crippen LogP contribution in [0.1, 0.15) is 36.8 Å². The third kappa shape index (κ3) is 3.37. The largest absolute Gasteiger partial charge is 0.353 e. The van der Waals surface area contributed by atoms with Gasteiger partial charge in [-0.3, -0.25) is 9.59 Å². The number of aromatic nitrogens is 2. The zero-order chi connectivity index (χ0) is 15.6. The molecule has 0 radical (unpaired) electrons. The monoisotopic (exact) mass is 285 g/mol. The normalized spacial score (nSPS) is 11.2. The molecule has 0 saturated heterocycles. The molecule has 2 rings (SSSR count). The van der Waals surface area contributed by atoms with Crippen molar-refractivity contribution in [2.45, 2.75) is 26.2 Å². The van der Waals surface area contributed by atoms with Crippen molar-refractivity contribution >= 4 is 11.7 Å². The maximum Gasteiger partial charge on any atom is 0.262 e. The molecule has 0 aliphatic heterocycles. The quantitative estimate of drug-likeness (QED) is 0.921. The Labute approximate surface area is 123 Å². The molecule has 0 atom stereocenters. The van der Waals surface area contributed by atoms with Gasteiger partial charge in [0, 0.05) is 36.6 Å². The van der Waals surface area contributed by atoms with Crippen molar-refractivity contribution in [3.8, 4) is 0 Å². The minimum Gasteiger partial charge on any atom is -0.353 e. The standard InChI is InChI=1S/C16H19N3O2/c1-16(2,3)13-9-12(20)11(10-19(13)4)15(21)18-14-7-5-6-8-17-14/h5-10H,1-4H3,(H,17,18,21). The van der Waals surface area contributed by atoms with E-state index < -0.39 is 5.91 Å². The van der Waals surface area contributed by atoms with Gasteiger partial charge in [0.25, 0.3) is 5.91 Å². The number of hydrogen-bond donors (Lipinski definition) is 1. The molecular formula is C16H19N3O2. The van der Waals surface area contributed by atoms with Gasteiger partial charge >= 0.3 is 0 Å². The number of carbonyl (C=O) groups is 1. The summed E-state index contributed by atoms with van der Waals surface area (Å²) < 4.78 is 1.81.